The second-order valence-corrected chi connectivity index (χ2v) is 4.22. The SMILES string of the molecule is CC(C)C(C)C1OC1NCCCN. The fraction of sp³-hybridized carbons (Fsp3) is 1.00. The van der Waals surface area contributed by atoms with Crippen molar-refractivity contribution in [3.8, 4) is 0 Å². The first kappa shape index (κ1) is 11.0. The highest BCUT2D eigenvalue weighted by Crippen LogP contribution is 2.31. The van der Waals surface area contributed by atoms with Crippen LogP contribution >= 0.6 is 0 Å². The molecule has 3 heteroatoms. The summed E-state index contributed by atoms with van der Waals surface area (Å²) in [6, 6.07) is 0. The zero-order chi connectivity index (χ0) is 9.84. The molecule has 0 aromatic rings. The molecule has 0 aliphatic carbocycles. The van der Waals surface area contributed by atoms with Crippen LogP contribution in [0.3, 0.4) is 0 Å². The van der Waals surface area contributed by atoms with Crippen molar-refractivity contribution < 1.29 is 4.74 Å². The molecule has 13 heavy (non-hydrogen) atoms. The van der Waals surface area contributed by atoms with Gasteiger partial charge in [-0.1, -0.05) is 20.8 Å². The van der Waals surface area contributed by atoms with Crippen molar-refractivity contribution in [2.75, 3.05) is 13.1 Å². The minimum absolute atomic E-state index is 0.295. The first-order valence-corrected chi connectivity index (χ1v) is 5.25. The van der Waals surface area contributed by atoms with Crippen LogP contribution in [0.1, 0.15) is 27.2 Å². The van der Waals surface area contributed by atoms with E-state index < -0.39 is 0 Å². The van der Waals surface area contributed by atoms with Gasteiger partial charge in [0.2, 0.25) is 0 Å². The van der Waals surface area contributed by atoms with Crippen LogP contribution in [0.25, 0.3) is 0 Å². The minimum Gasteiger partial charge on any atom is -0.353 e. The maximum absolute atomic E-state index is 5.53. The quantitative estimate of drug-likeness (QED) is 0.479. The summed E-state index contributed by atoms with van der Waals surface area (Å²) in [5, 5.41) is 3.34. The van der Waals surface area contributed by atoms with E-state index in [4.69, 9.17) is 10.5 Å². The Morgan fingerprint density at radius 1 is 1.38 bits per heavy atom. The maximum Gasteiger partial charge on any atom is 0.135 e. The highest BCUT2D eigenvalue weighted by atomic mass is 16.6. The molecule has 3 unspecified atom stereocenters. The Morgan fingerprint density at radius 3 is 2.62 bits per heavy atom. The summed E-state index contributed by atoms with van der Waals surface area (Å²) in [5.74, 6) is 1.35. The van der Waals surface area contributed by atoms with E-state index >= 15 is 0 Å². The molecule has 0 spiro atoms. The molecule has 0 saturated carbocycles. The Balaban J connectivity index is 2.08. The van der Waals surface area contributed by atoms with Crippen LogP contribution in [-0.2, 0) is 4.74 Å². The van der Waals surface area contributed by atoms with Crippen LogP contribution in [0.2, 0.25) is 0 Å². The van der Waals surface area contributed by atoms with E-state index in [1.807, 2.05) is 0 Å². The molecule has 0 aromatic heterocycles. The van der Waals surface area contributed by atoms with Gasteiger partial charge in [0.1, 0.15) is 12.3 Å². The first-order chi connectivity index (χ1) is 6.16. The predicted octanol–water partition coefficient (Wildman–Crippen LogP) is 0.942. The van der Waals surface area contributed by atoms with Crippen LogP contribution < -0.4 is 11.1 Å². The molecule has 0 aromatic carbocycles. The third-order valence-electron chi connectivity index (χ3n) is 2.82. The largest absolute Gasteiger partial charge is 0.353 e. The molecular formula is C10H22N2O. The van der Waals surface area contributed by atoms with Gasteiger partial charge in [-0.2, -0.15) is 0 Å². The summed E-state index contributed by atoms with van der Waals surface area (Å²) in [6.45, 7) is 8.46. The van der Waals surface area contributed by atoms with Gasteiger partial charge in [-0.25, -0.2) is 0 Å². The number of hydrogen-bond donors (Lipinski definition) is 2. The molecule has 1 heterocycles. The van der Waals surface area contributed by atoms with Gasteiger partial charge in [-0.15, -0.1) is 0 Å². The lowest BCUT2D eigenvalue weighted by Crippen LogP contribution is -2.26. The minimum atomic E-state index is 0.295. The normalized spacial score (nSPS) is 29.3. The second kappa shape index (κ2) is 4.94. The smallest absolute Gasteiger partial charge is 0.135 e. The predicted molar refractivity (Wildman–Crippen MR) is 54.3 cm³/mol. The number of rotatable bonds is 6. The fourth-order valence-corrected chi connectivity index (χ4v) is 1.41. The van der Waals surface area contributed by atoms with Crippen LogP contribution in [-0.4, -0.2) is 25.4 Å². The van der Waals surface area contributed by atoms with Crippen molar-refractivity contribution in [1.29, 1.82) is 0 Å². The lowest BCUT2D eigenvalue weighted by Gasteiger charge is -2.11. The summed E-state index contributed by atoms with van der Waals surface area (Å²) in [5.41, 5.74) is 5.40. The third kappa shape index (κ3) is 3.25. The Bertz CT molecular complexity index is 150. The van der Waals surface area contributed by atoms with Crippen LogP contribution in [0, 0.1) is 11.8 Å². The molecule has 0 amide bonds. The molecule has 78 valence electrons. The maximum atomic E-state index is 5.53. The zero-order valence-electron chi connectivity index (χ0n) is 8.92. The summed E-state index contributed by atoms with van der Waals surface area (Å²) in [6.07, 6.45) is 1.75. The standard InChI is InChI=1S/C10H22N2O/c1-7(2)8(3)9-10(13-9)12-6-4-5-11/h7-10,12H,4-6,11H2,1-3H3. The molecule has 3 nitrogen and oxygen atoms in total. The molecular weight excluding hydrogens is 164 g/mol. The molecule has 1 aliphatic rings. The second-order valence-electron chi connectivity index (χ2n) is 4.22. The van der Waals surface area contributed by atoms with Gasteiger partial charge in [0.05, 0.1) is 0 Å². The van der Waals surface area contributed by atoms with Gasteiger partial charge >= 0.3 is 0 Å². The molecule has 1 fully saturated rings. The molecule has 1 saturated heterocycles. The highest BCUT2D eigenvalue weighted by molar-refractivity contribution is 4.87. The average molecular weight is 186 g/mol. The third-order valence-corrected chi connectivity index (χ3v) is 2.82. The van der Waals surface area contributed by atoms with Crippen LogP contribution in [0.15, 0.2) is 0 Å². The van der Waals surface area contributed by atoms with E-state index in [1.54, 1.807) is 0 Å². The van der Waals surface area contributed by atoms with Crippen molar-refractivity contribution in [3.63, 3.8) is 0 Å². The zero-order valence-corrected chi connectivity index (χ0v) is 8.92. The van der Waals surface area contributed by atoms with Gasteiger partial charge in [0.15, 0.2) is 0 Å². The number of epoxide rings is 1. The fourth-order valence-electron chi connectivity index (χ4n) is 1.41. The molecule has 0 radical (unpaired) electrons. The summed E-state index contributed by atoms with van der Waals surface area (Å²) in [4.78, 5) is 0. The van der Waals surface area contributed by atoms with Crippen LogP contribution in [0.4, 0.5) is 0 Å². The van der Waals surface area contributed by atoms with Crippen LogP contribution in [0.5, 0.6) is 0 Å². The van der Waals surface area contributed by atoms with Crippen molar-refractivity contribution in [1.82, 2.24) is 5.32 Å². The lowest BCUT2D eigenvalue weighted by atomic mass is 9.94. The molecule has 3 N–H and O–H groups in total. The van der Waals surface area contributed by atoms with Gasteiger partial charge in [-0.3, -0.25) is 5.32 Å². The number of hydrogen-bond acceptors (Lipinski definition) is 3. The highest BCUT2D eigenvalue weighted by Gasteiger charge is 2.43. The Labute approximate surface area is 81.0 Å². The monoisotopic (exact) mass is 186 g/mol. The molecule has 3 atom stereocenters. The van der Waals surface area contributed by atoms with Crippen molar-refractivity contribution in [2.45, 2.75) is 39.5 Å². The van der Waals surface area contributed by atoms with E-state index in [0.29, 0.717) is 24.2 Å². The Kier molecular flexibility index (Phi) is 4.16. The van der Waals surface area contributed by atoms with Gasteiger partial charge in [0.25, 0.3) is 0 Å². The summed E-state index contributed by atoms with van der Waals surface area (Å²) < 4.78 is 5.53. The molecule has 0 bridgehead atoms. The Hall–Kier alpha value is -0.120. The summed E-state index contributed by atoms with van der Waals surface area (Å²) in [7, 11) is 0. The van der Waals surface area contributed by atoms with Gasteiger partial charge < -0.3 is 10.5 Å². The summed E-state index contributed by atoms with van der Waals surface area (Å²) >= 11 is 0. The lowest BCUT2D eigenvalue weighted by molar-refractivity contribution is 0.278. The van der Waals surface area contributed by atoms with Crippen molar-refractivity contribution in [3.05, 3.63) is 0 Å². The average Bonchev–Trinajstić information content (AvgIpc) is 2.83. The number of ether oxygens (including phenoxy) is 1. The molecule has 1 rings (SSSR count). The van der Waals surface area contributed by atoms with E-state index in [0.717, 1.165) is 19.5 Å². The number of nitrogens with two attached hydrogens (primary N) is 1. The van der Waals surface area contributed by atoms with Gasteiger partial charge in [-0.05, 0) is 31.3 Å². The molecule has 1 aliphatic heterocycles. The number of nitrogens with one attached hydrogen (secondary N) is 1. The Morgan fingerprint density at radius 2 is 2.08 bits per heavy atom. The van der Waals surface area contributed by atoms with E-state index in [-0.39, 0.29) is 0 Å². The first-order valence-electron chi connectivity index (χ1n) is 5.25. The van der Waals surface area contributed by atoms with E-state index in [2.05, 4.69) is 26.1 Å². The van der Waals surface area contributed by atoms with Crippen molar-refractivity contribution in [2.24, 2.45) is 17.6 Å². The van der Waals surface area contributed by atoms with Gasteiger partial charge in [0, 0.05) is 0 Å². The topological polar surface area (TPSA) is 50.6 Å². The van der Waals surface area contributed by atoms with E-state index in [9.17, 15) is 0 Å². The van der Waals surface area contributed by atoms with E-state index in [1.165, 1.54) is 0 Å². The van der Waals surface area contributed by atoms with Crippen molar-refractivity contribution >= 4 is 0 Å².